The number of hydrogen-bond donors (Lipinski definition) is 1. The fourth-order valence-electron chi connectivity index (χ4n) is 3.02. The zero-order chi connectivity index (χ0) is 14.3. The molecular weight excluding hydrogens is 286 g/mol. The number of nitrogens with one attached hydrogen (secondary N) is 1. The van der Waals surface area contributed by atoms with Gasteiger partial charge in [-0.2, -0.15) is 8.78 Å². The highest BCUT2D eigenvalue weighted by molar-refractivity contribution is 7.91. The monoisotopic (exact) mass is 302 g/mol. The Bertz CT molecular complexity index is 577. The Hall–Kier alpha value is -1.21. The first-order valence-corrected chi connectivity index (χ1v) is 8.11. The van der Waals surface area contributed by atoms with Crippen molar-refractivity contribution in [2.24, 2.45) is 11.8 Å². The molecule has 4 nitrogen and oxygen atoms in total. The third kappa shape index (κ3) is 2.29. The predicted molar refractivity (Wildman–Crippen MR) is 71.7 cm³/mol. The van der Waals surface area contributed by atoms with Crippen LogP contribution in [0.4, 0.5) is 14.5 Å². The molecule has 0 aliphatic carbocycles. The van der Waals surface area contributed by atoms with Gasteiger partial charge < -0.3 is 10.2 Å². The van der Waals surface area contributed by atoms with Crippen molar-refractivity contribution in [3.8, 4) is 0 Å². The van der Waals surface area contributed by atoms with Gasteiger partial charge in [-0.1, -0.05) is 0 Å². The number of sulfone groups is 1. The standard InChI is InChI=1S/C13H16F2N2O2S/c14-13(15)20(18,19)12-3-1-11(2-4-12)17-7-9-5-16-6-10(9)8-17/h1-4,9-10,13,16H,5-8H2. The van der Waals surface area contributed by atoms with Crippen LogP contribution in [-0.2, 0) is 9.84 Å². The van der Waals surface area contributed by atoms with Crippen molar-refractivity contribution in [2.75, 3.05) is 31.1 Å². The van der Waals surface area contributed by atoms with E-state index in [1.807, 2.05) is 0 Å². The van der Waals surface area contributed by atoms with Gasteiger partial charge in [0.2, 0.25) is 9.84 Å². The molecule has 2 unspecified atom stereocenters. The highest BCUT2D eigenvalue weighted by atomic mass is 32.2. The molecule has 2 heterocycles. The second-order valence-electron chi connectivity index (χ2n) is 5.38. The van der Waals surface area contributed by atoms with Crippen molar-refractivity contribution in [1.82, 2.24) is 5.32 Å². The second-order valence-corrected chi connectivity index (χ2v) is 7.30. The highest BCUT2D eigenvalue weighted by Gasteiger charge is 2.36. The van der Waals surface area contributed by atoms with Crippen LogP contribution < -0.4 is 10.2 Å². The Morgan fingerprint density at radius 1 is 1.10 bits per heavy atom. The fraction of sp³-hybridized carbons (Fsp3) is 0.538. The third-order valence-corrected chi connectivity index (χ3v) is 5.55. The number of anilines is 1. The van der Waals surface area contributed by atoms with E-state index in [1.165, 1.54) is 12.1 Å². The zero-order valence-corrected chi connectivity index (χ0v) is 11.6. The molecule has 0 aromatic heterocycles. The summed E-state index contributed by atoms with van der Waals surface area (Å²) in [4.78, 5) is 1.87. The normalized spacial score (nSPS) is 26.2. The molecule has 2 fully saturated rings. The molecule has 1 aromatic rings. The van der Waals surface area contributed by atoms with E-state index < -0.39 is 15.6 Å². The minimum atomic E-state index is -4.49. The number of alkyl halides is 2. The molecule has 2 atom stereocenters. The molecule has 20 heavy (non-hydrogen) atoms. The van der Waals surface area contributed by atoms with Gasteiger partial charge in [-0.15, -0.1) is 0 Å². The van der Waals surface area contributed by atoms with Crippen LogP contribution in [0.15, 0.2) is 29.2 Å². The maximum atomic E-state index is 12.5. The van der Waals surface area contributed by atoms with Crippen LogP contribution in [0.2, 0.25) is 0 Å². The van der Waals surface area contributed by atoms with Crippen LogP contribution in [-0.4, -0.2) is 40.4 Å². The molecule has 0 saturated carbocycles. The van der Waals surface area contributed by atoms with Gasteiger partial charge in [0.15, 0.2) is 0 Å². The van der Waals surface area contributed by atoms with E-state index in [9.17, 15) is 17.2 Å². The molecule has 2 saturated heterocycles. The van der Waals surface area contributed by atoms with Crippen molar-refractivity contribution < 1.29 is 17.2 Å². The summed E-state index contributed by atoms with van der Waals surface area (Å²) in [6.07, 6.45) is 0. The molecular formula is C13H16F2N2O2S. The van der Waals surface area contributed by atoms with Gasteiger partial charge in [-0.3, -0.25) is 0 Å². The van der Waals surface area contributed by atoms with E-state index in [-0.39, 0.29) is 4.90 Å². The van der Waals surface area contributed by atoms with Crippen molar-refractivity contribution in [2.45, 2.75) is 10.7 Å². The van der Waals surface area contributed by atoms with Gasteiger partial charge in [0, 0.05) is 31.9 Å². The molecule has 2 aliphatic heterocycles. The predicted octanol–water partition coefficient (Wildman–Crippen LogP) is 1.34. The quantitative estimate of drug-likeness (QED) is 0.915. The molecule has 7 heteroatoms. The minimum absolute atomic E-state index is 0.322. The van der Waals surface area contributed by atoms with E-state index >= 15 is 0 Å². The van der Waals surface area contributed by atoms with Crippen LogP contribution in [0.5, 0.6) is 0 Å². The third-order valence-electron chi connectivity index (χ3n) is 4.15. The highest BCUT2D eigenvalue weighted by Crippen LogP contribution is 2.31. The smallest absolute Gasteiger partial charge is 0.341 e. The van der Waals surface area contributed by atoms with E-state index in [2.05, 4.69) is 10.2 Å². The summed E-state index contributed by atoms with van der Waals surface area (Å²) >= 11 is 0. The molecule has 0 amide bonds. The average Bonchev–Trinajstić information content (AvgIpc) is 2.99. The summed E-state index contributed by atoms with van der Waals surface area (Å²) in [6.45, 7) is 3.88. The lowest BCUT2D eigenvalue weighted by Crippen LogP contribution is -2.25. The summed E-state index contributed by atoms with van der Waals surface area (Å²) < 4.78 is 47.6. The first kappa shape index (κ1) is 13.8. The van der Waals surface area contributed by atoms with Crippen molar-refractivity contribution >= 4 is 15.5 Å². The molecule has 110 valence electrons. The fourth-order valence-corrected chi connectivity index (χ4v) is 3.74. The molecule has 2 aliphatic rings. The molecule has 0 spiro atoms. The number of benzene rings is 1. The van der Waals surface area contributed by atoms with Crippen LogP contribution in [0.25, 0.3) is 0 Å². The lowest BCUT2D eigenvalue weighted by Gasteiger charge is -2.20. The van der Waals surface area contributed by atoms with Gasteiger partial charge in [0.1, 0.15) is 0 Å². The SMILES string of the molecule is O=S(=O)(c1ccc(N2CC3CNCC3C2)cc1)C(F)F. The summed E-state index contributed by atoms with van der Waals surface area (Å²) in [7, 11) is -4.49. The molecule has 0 bridgehead atoms. The van der Waals surface area contributed by atoms with Crippen molar-refractivity contribution in [1.29, 1.82) is 0 Å². The lowest BCUT2D eigenvalue weighted by molar-refractivity contribution is 0.234. The molecule has 1 N–H and O–H groups in total. The number of hydrogen-bond acceptors (Lipinski definition) is 4. The Morgan fingerprint density at radius 3 is 2.15 bits per heavy atom. The van der Waals surface area contributed by atoms with E-state index in [0.29, 0.717) is 11.8 Å². The largest absolute Gasteiger partial charge is 0.371 e. The zero-order valence-electron chi connectivity index (χ0n) is 10.8. The number of nitrogens with zero attached hydrogens (tertiary/aromatic N) is 1. The average molecular weight is 302 g/mol. The van der Waals surface area contributed by atoms with Crippen LogP contribution in [0.3, 0.4) is 0 Å². The van der Waals surface area contributed by atoms with E-state index in [0.717, 1.165) is 31.9 Å². The van der Waals surface area contributed by atoms with Crippen LogP contribution >= 0.6 is 0 Å². The first-order valence-electron chi connectivity index (χ1n) is 6.56. The van der Waals surface area contributed by atoms with Crippen LogP contribution in [0, 0.1) is 11.8 Å². The van der Waals surface area contributed by atoms with E-state index in [1.54, 1.807) is 12.1 Å². The van der Waals surface area contributed by atoms with Gasteiger partial charge in [-0.25, -0.2) is 8.42 Å². The second kappa shape index (κ2) is 4.96. The Morgan fingerprint density at radius 2 is 1.65 bits per heavy atom. The van der Waals surface area contributed by atoms with Gasteiger partial charge >= 0.3 is 5.76 Å². The van der Waals surface area contributed by atoms with Gasteiger partial charge in [0.05, 0.1) is 4.90 Å². The Balaban J connectivity index is 1.77. The summed E-state index contributed by atoms with van der Waals surface area (Å²) in [5.41, 5.74) is 0.896. The van der Waals surface area contributed by atoms with Crippen molar-refractivity contribution in [3.63, 3.8) is 0 Å². The summed E-state index contributed by atoms with van der Waals surface area (Å²) in [6, 6.07) is 5.76. The Labute approximate surface area is 116 Å². The topological polar surface area (TPSA) is 49.4 Å². The van der Waals surface area contributed by atoms with Crippen LogP contribution in [0.1, 0.15) is 0 Å². The first-order chi connectivity index (χ1) is 9.48. The number of rotatable bonds is 3. The molecule has 1 aromatic carbocycles. The minimum Gasteiger partial charge on any atom is -0.371 e. The number of fused-ring (bicyclic) bond motifs is 1. The van der Waals surface area contributed by atoms with Gasteiger partial charge in [-0.05, 0) is 36.1 Å². The summed E-state index contributed by atoms with van der Waals surface area (Å²) in [5, 5.41) is 3.35. The summed E-state index contributed by atoms with van der Waals surface area (Å²) in [5.74, 6) is -2.12. The van der Waals surface area contributed by atoms with Crippen molar-refractivity contribution in [3.05, 3.63) is 24.3 Å². The number of halogens is 2. The maximum absolute atomic E-state index is 12.5. The Kier molecular flexibility index (Phi) is 3.41. The molecule has 0 radical (unpaired) electrons. The molecule has 3 rings (SSSR count). The van der Waals surface area contributed by atoms with Gasteiger partial charge in [0.25, 0.3) is 0 Å². The maximum Gasteiger partial charge on any atom is 0.341 e. The lowest BCUT2D eigenvalue weighted by atomic mass is 10.0. The van der Waals surface area contributed by atoms with E-state index in [4.69, 9.17) is 0 Å².